The fourth-order valence-corrected chi connectivity index (χ4v) is 2.14. The van der Waals surface area contributed by atoms with E-state index in [1.165, 1.54) is 10.6 Å². The number of aromatic nitrogens is 3. The Morgan fingerprint density at radius 2 is 2.19 bits per heavy atom. The van der Waals surface area contributed by atoms with Crippen LogP contribution in [-0.2, 0) is 0 Å². The summed E-state index contributed by atoms with van der Waals surface area (Å²) in [6.07, 6.45) is 1.59. The molecule has 0 spiro atoms. The SMILES string of the molecule is COc1cccc(-c2cn3nc(N)nc3cc2C(=O)O)c1. The summed E-state index contributed by atoms with van der Waals surface area (Å²) in [5.74, 6) is -0.312. The summed E-state index contributed by atoms with van der Waals surface area (Å²) in [7, 11) is 1.55. The third-order valence-electron chi connectivity index (χ3n) is 3.10. The Bertz CT molecular complexity index is 841. The first-order valence-electron chi connectivity index (χ1n) is 6.12. The minimum atomic E-state index is -1.04. The van der Waals surface area contributed by atoms with Gasteiger partial charge in [-0.05, 0) is 23.8 Å². The molecule has 7 nitrogen and oxygen atoms in total. The lowest BCUT2D eigenvalue weighted by Gasteiger charge is -2.08. The smallest absolute Gasteiger partial charge is 0.336 e. The number of nitrogens with two attached hydrogens (primary N) is 1. The number of benzene rings is 1. The van der Waals surface area contributed by atoms with E-state index in [-0.39, 0.29) is 11.5 Å². The molecule has 0 saturated carbocycles. The largest absolute Gasteiger partial charge is 0.497 e. The van der Waals surface area contributed by atoms with E-state index in [2.05, 4.69) is 10.1 Å². The van der Waals surface area contributed by atoms with Crippen LogP contribution in [0.15, 0.2) is 36.5 Å². The summed E-state index contributed by atoms with van der Waals surface area (Å²) < 4.78 is 6.62. The molecular weight excluding hydrogens is 272 g/mol. The quantitative estimate of drug-likeness (QED) is 0.758. The lowest BCUT2D eigenvalue weighted by molar-refractivity contribution is 0.0697. The Labute approximate surface area is 119 Å². The van der Waals surface area contributed by atoms with Gasteiger partial charge in [0.25, 0.3) is 0 Å². The second-order valence-corrected chi connectivity index (χ2v) is 4.41. The minimum Gasteiger partial charge on any atom is -0.497 e. The topological polar surface area (TPSA) is 103 Å². The zero-order valence-corrected chi connectivity index (χ0v) is 11.1. The number of carboxylic acid groups (broad SMARTS) is 1. The van der Waals surface area contributed by atoms with Gasteiger partial charge in [0.15, 0.2) is 5.65 Å². The van der Waals surface area contributed by atoms with Gasteiger partial charge in [0.1, 0.15) is 5.75 Å². The Morgan fingerprint density at radius 1 is 1.38 bits per heavy atom. The van der Waals surface area contributed by atoms with Crippen molar-refractivity contribution in [1.82, 2.24) is 14.6 Å². The number of carboxylic acids is 1. The van der Waals surface area contributed by atoms with E-state index in [9.17, 15) is 9.90 Å². The minimum absolute atomic E-state index is 0.0918. The maximum Gasteiger partial charge on any atom is 0.336 e. The van der Waals surface area contributed by atoms with E-state index in [0.29, 0.717) is 22.5 Å². The third kappa shape index (κ3) is 2.25. The first-order chi connectivity index (χ1) is 10.1. The van der Waals surface area contributed by atoms with E-state index in [4.69, 9.17) is 10.5 Å². The zero-order chi connectivity index (χ0) is 15.0. The second kappa shape index (κ2) is 4.78. The molecule has 1 aromatic carbocycles. The van der Waals surface area contributed by atoms with Crippen LogP contribution in [0.25, 0.3) is 16.8 Å². The average Bonchev–Trinajstić information content (AvgIpc) is 2.85. The number of fused-ring (bicyclic) bond motifs is 1. The Balaban J connectivity index is 2.27. The second-order valence-electron chi connectivity index (χ2n) is 4.41. The van der Waals surface area contributed by atoms with Gasteiger partial charge in [0.2, 0.25) is 5.95 Å². The van der Waals surface area contributed by atoms with Crippen molar-refractivity contribution < 1.29 is 14.6 Å². The van der Waals surface area contributed by atoms with E-state index in [1.54, 1.807) is 37.6 Å². The van der Waals surface area contributed by atoms with E-state index in [0.717, 1.165) is 0 Å². The summed E-state index contributed by atoms with van der Waals surface area (Å²) in [6.45, 7) is 0. The van der Waals surface area contributed by atoms with Crippen LogP contribution in [0.4, 0.5) is 5.95 Å². The van der Waals surface area contributed by atoms with Crippen LogP contribution < -0.4 is 10.5 Å². The van der Waals surface area contributed by atoms with Gasteiger partial charge in [-0.15, -0.1) is 5.10 Å². The van der Waals surface area contributed by atoms with Crippen molar-refractivity contribution in [1.29, 1.82) is 0 Å². The summed E-state index contributed by atoms with van der Waals surface area (Å²) in [6, 6.07) is 8.58. The number of nitrogens with zero attached hydrogens (tertiary/aromatic N) is 3. The van der Waals surface area contributed by atoms with Crippen LogP contribution >= 0.6 is 0 Å². The summed E-state index contributed by atoms with van der Waals surface area (Å²) >= 11 is 0. The van der Waals surface area contributed by atoms with Crippen molar-refractivity contribution in [2.75, 3.05) is 12.8 Å². The molecule has 2 aromatic heterocycles. The van der Waals surface area contributed by atoms with Crippen molar-refractivity contribution in [3.63, 3.8) is 0 Å². The third-order valence-corrected chi connectivity index (χ3v) is 3.10. The standard InChI is InChI=1S/C14H12N4O3/c1-21-9-4-2-3-8(5-9)11-7-18-12(16-14(15)17-18)6-10(11)13(19)20/h2-7H,1H3,(H2,15,17)(H,19,20). The number of nitrogen functional groups attached to an aromatic ring is 1. The molecule has 106 valence electrons. The molecule has 21 heavy (non-hydrogen) atoms. The molecule has 0 radical (unpaired) electrons. The normalized spacial score (nSPS) is 10.7. The first kappa shape index (κ1) is 12.9. The van der Waals surface area contributed by atoms with Gasteiger partial charge in [-0.2, -0.15) is 4.98 Å². The van der Waals surface area contributed by atoms with Crippen LogP contribution in [0.5, 0.6) is 5.75 Å². The monoisotopic (exact) mass is 284 g/mol. The lowest BCUT2D eigenvalue weighted by atomic mass is 10.0. The molecule has 7 heteroatoms. The molecule has 3 rings (SSSR count). The molecule has 0 aliphatic heterocycles. The highest BCUT2D eigenvalue weighted by atomic mass is 16.5. The number of hydrogen-bond acceptors (Lipinski definition) is 5. The molecule has 0 fully saturated rings. The van der Waals surface area contributed by atoms with Gasteiger partial charge < -0.3 is 15.6 Å². The van der Waals surface area contributed by atoms with Crippen molar-refractivity contribution in [3.05, 3.63) is 42.1 Å². The van der Waals surface area contributed by atoms with Gasteiger partial charge in [-0.25, -0.2) is 9.31 Å². The van der Waals surface area contributed by atoms with Crippen molar-refractivity contribution in [3.8, 4) is 16.9 Å². The summed E-state index contributed by atoms with van der Waals surface area (Å²) in [4.78, 5) is 15.4. The van der Waals surface area contributed by atoms with Crippen LogP contribution in [0.1, 0.15) is 10.4 Å². The van der Waals surface area contributed by atoms with Gasteiger partial charge in [-0.1, -0.05) is 12.1 Å². The predicted molar refractivity (Wildman–Crippen MR) is 76.3 cm³/mol. The molecule has 0 amide bonds. The van der Waals surface area contributed by atoms with Gasteiger partial charge in [0.05, 0.1) is 12.7 Å². The van der Waals surface area contributed by atoms with E-state index < -0.39 is 5.97 Å². The van der Waals surface area contributed by atoms with E-state index in [1.807, 2.05) is 0 Å². The summed E-state index contributed by atoms with van der Waals surface area (Å²) in [5.41, 5.74) is 7.28. The summed E-state index contributed by atoms with van der Waals surface area (Å²) in [5, 5.41) is 13.4. The molecule has 0 bridgehead atoms. The number of pyridine rings is 1. The molecule has 0 aliphatic rings. The maximum atomic E-state index is 11.5. The number of carbonyl (C=O) groups is 1. The molecular formula is C14H12N4O3. The van der Waals surface area contributed by atoms with Crippen LogP contribution in [0.2, 0.25) is 0 Å². The fraction of sp³-hybridized carbons (Fsp3) is 0.0714. The highest BCUT2D eigenvalue weighted by Gasteiger charge is 2.15. The van der Waals surface area contributed by atoms with Crippen LogP contribution in [-0.4, -0.2) is 32.8 Å². The van der Waals surface area contributed by atoms with E-state index >= 15 is 0 Å². The molecule has 0 atom stereocenters. The molecule has 3 aromatic rings. The highest BCUT2D eigenvalue weighted by molar-refractivity contribution is 5.97. The number of hydrogen-bond donors (Lipinski definition) is 2. The predicted octanol–water partition coefficient (Wildman–Crippen LogP) is 1.69. The van der Waals surface area contributed by atoms with Crippen molar-refractivity contribution in [2.24, 2.45) is 0 Å². The number of methoxy groups -OCH3 is 1. The number of ether oxygens (including phenoxy) is 1. The fourth-order valence-electron chi connectivity index (χ4n) is 2.14. The molecule has 0 aliphatic carbocycles. The molecule has 3 N–H and O–H groups in total. The van der Waals surface area contributed by atoms with Crippen LogP contribution in [0.3, 0.4) is 0 Å². The Kier molecular flexibility index (Phi) is 2.94. The maximum absolute atomic E-state index is 11.5. The first-order valence-corrected chi connectivity index (χ1v) is 6.12. The molecule has 2 heterocycles. The Morgan fingerprint density at radius 3 is 2.90 bits per heavy atom. The Hall–Kier alpha value is -3.09. The zero-order valence-electron chi connectivity index (χ0n) is 11.1. The van der Waals surface area contributed by atoms with Crippen molar-refractivity contribution >= 4 is 17.6 Å². The number of anilines is 1. The molecule has 0 unspecified atom stereocenters. The van der Waals surface area contributed by atoms with Gasteiger partial charge in [0, 0.05) is 11.8 Å². The van der Waals surface area contributed by atoms with Crippen molar-refractivity contribution in [2.45, 2.75) is 0 Å². The van der Waals surface area contributed by atoms with Crippen LogP contribution in [0, 0.1) is 0 Å². The highest BCUT2D eigenvalue weighted by Crippen LogP contribution is 2.27. The molecule has 0 saturated heterocycles. The number of rotatable bonds is 3. The lowest BCUT2D eigenvalue weighted by Crippen LogP contribution is -2.02. The van der Waals surface area contributed by atoms with Gasteiger partial charge in [-0.3, -0.25) is 0 Å². The average molecular weight is 284 g/mol. The number of aromatic carboxylic acids is 1. The van der Waals surface area contributed by atoms with Gasteiger partial charge >= 0.3 is 5.97 Å².